The molecule has 0 aliphatic carbocycles. The molecule has 0 heterocycles. The first kappa shape index (κ1) is 14.9. The van der Waals surface area contributed by atoms with Crippen LogP contribution in [0.2, 0.25) is 0 Å². The number of nitrogens with one attached hydrogen (secondary N) is 1. The van der Waals surface area contributed by atoms with E-state index in [4.69, 9.17) is 4.74 Å². The van der Waals surface area contributed by atoms with Crippen LogP contribution in [0.3, 0.4) is 0 Å². The molecule has 0 aromatic heterocycles. The Morgan fingerprint density at radius 3 is 2.27 bits per heavy atom. The van der Waals surface area contributed by atoms with E-state index in [2.05, 4.69) is 5.32 Å². The highest BCUT2D eigenvalue weighted by molar-refractivity contribution is 7.90. The van der Waals surface area contributed by atoms with Crippen LogP contribution >= 0.6 is 0 Å². The molecule has 0 fully saturated rings. The minimum Gasteiger partial charge on any atom is -0.374 e. The predicted molar refractivity (Wildman–Crippen MR) is 62.9 cm³/mol. The molecule has 1 N–H and O–H groups in total. The highest BCUT2D eigenvalue weighted by atomic mass is 32.2. The lowest BCUT2D eigenvalue weighted by atomic mass is 9.96. The molecule has 0 radical (unpaired) electrons. The largest absolute Gasteiger partial charge is 0.374 e. The van der Waals surface area contributed by atoms with Crippen LogP contribution in [0.4, 0.5) is 0 Å². The predicted octanol–water partition coefficient (Wildman–Crippen LogP) is 0.824. The smallest absolute Gasteiger partial charge is 0.147 e. The van der Waals surface area contributed by atoms with Crippen LogP contribution in [0, 0.1) is 0 Å². The molecule has 1 unspecified atom stereocenters. The molecule has 0 rings (SSSR count). The van der Waals surface area contributed by atoms with E-state index in [1.807, 2.05) is 27.8 Å². The lowest BCUT2D eigenvalue weighted by molar-refractivity contribution is -0.0370. The highest BCUT2D eigenvalue weighted by Crippen LogP contribution is 2.17. The van der Waals surface area contributed by atoms with Crippen LogP contribution in [0.15, 0.2) is 0 Å². The Labute approximate surface area is 93.3 Å². The van der Waals surface area contributed by atoms with Gasteiger partial charge in [0.1, 0.15) is 9.84 Å². The zero-order valence-electron chi connectivity index (χ0n) is 10.3. The molecule has 0 bridgehead atoms. The third-order valence-corrected chi connectivity index (χ3v) is 3.46. The lowest BCUT2D eigenvalue weighted by Crippen LogP contribution is -2.48. The fraction of sp³-hybridized carbons (Fsp3) is 1.00. The van der Waals surface area contributed by atoms with Gasteiger partial charge in [0.05, 0.1) is 11.4 Å². The summed E-state index contributed by atoms with van der Waals surface area (Å²) in [6.07, 6.45) is 1.83. The molecule has 0 spiro atoms. The first-order chi connectivity index (χ1) is 6.73. The van der Waals surface area contributed by atoms with Gasteiger partial charge in [0.2, 0.25) is 0 Å². The van der Waals surface area contributed by atoms with E-state index in [0.717, 1.165) is 0 Å². The minimum absolute atomic E-state index is 0.0483. The minimum atomic E-state index is -2.90. The molecular weight excluding hydrogens is 214 g/mol. The second kappa shape index (κ2) is 5.82. The molecule has 0 aliphatic rings. The summed E-state index contributed by atoms with van der Waals surface area (Å²) in [5.41, 5.74) is -0.339. The summed E-state index contributed by atoms with van der Waals surface area (Å²) in [5, 5.41) is 3.11. The van der Waals surface area contributed by atoms with Crippen molar-refractivity contribution in [2.45, 2.75) is 38.8 Å². The topological polar surface area (TPSA) is 55.4 Å². The summed E-state index contributed by atoms with van der Waals surface area (Å²) in [6, 6.07) is 0.0483. The summed E-state index contributed by atoms with van der Waals surface area (Å²) < 4.78 is 27.7. The van der Waals surface area contributed by atoms with Crippen molar-refractivity contribution >= 4 is 9.84 Å². The first-order valence-corrected chi connectivity index (χ1v) is 7.28. The number of sulfone groups is 1. The van der Waals surface area contributed by atoms with E-state index in [1.54, 1.807) is 0 Å². The Balaban J connectivity index is 4.36. The Hall–Kier alpha value is -0.130. The second-order valence-electron chi connectivity index (χ2n) is 4.30. The average molecular weight is 237 g/mol. The Morgan fingerprint density at radius 2 is 1.93 bits per heavy atom. The van der Waals surface area contributed by atoms with Crippen molar-refractivity contribution in [1.29, 1.82) is 0 Å². The Morgan fingerprint density at radius 1 is 1.40 bits per heavy atom. The van der Waals surface area contributed by atoms with Gasteiger partial charge in [-0.2, -0.15) is 0 Å². The normalized spacial score (nSPS) is 15.3. The molecule has 0 aromatic rings. The van der Waals surface area contributed by atoms with Crippen molar-refractivity contribution in [2.24, 2.45) is 0 Å². The van der Waals surface area contributed by atoms with Crippen molar-refractivity contribution in [3.63, 3.8) is 0 Å². The van der Waals surface area contributed by atoms with Crippen molar-refractivity contribution < 1.29 is 13.2 Å². The molecule has 5 heteroatoms. The fourth-order valence-electron chi connectivity index (χ4n) is 1.64. The highest BCUT2D eigenvalue weighted by Gasteiger charge is 2.29. The van der Waals surface area contributed by atoms with Crippen LogP contribution < -0.4 is 5.32 Å². The molecular formula is C10H23NO3S. The van der Waals surface area contributed by atoms with Gasteiger partial charge in [0.25, 0.3) is 0 Å². The monoisotopic (exact) mass is 237 g/mol. The van der Waals surface area contributed by atoms with Gasteiger partial charge in [0.15, 0.2) is 0 Å². The van der Waals surface area contributed by atoms with Gasteiger partial charge in [-0.05, 0) is 34.2 Å². The molecule has 15 heavy (non-hydrogen) atoms. The van der Waals surface area contributed by atoms with E-state index < -0.39 is 9.84 Å². The molecule has 0 aromatic carbocycles. The lowest BCUT2D eigenvalue weighted by Gasteiger charge is -2.33. The van der Waals surface area contributed by atoms with Gasteiger partial charge in [-0.3, -0.25) is 0 Å². The standard InChI is InChI=1S/C10H23NO3S/c1-6-14-10(2,3)9(11-4)7-8-15(5,12)13/h9,11H,6-8H2,1-5H3. The summed E-state index contributed by atoms with van der Waals surface area (Å²) in [4.78, 5) is 0. The number of rotatable bonds is 7. The van der Waals surface area contributed by atoms with Gasteiger partial charge in [-0.1, -0.05) is 0 Å². The molecule has 0 amide bonds. The van der Waals surface area contributed by atoms with Crippen LogP contribution in [-0.2, 0) is 14.6 Å². The quantitative estimate of drug-likeness (QED) is 0.712. The average Bonchev–Trinajstić information content (AvgIpc) is 2.02. The van der Waals surface area contributed by atoms with Gasteiger partial charge in [0, 0.05) is 18.9 Å². The summed E-state index contributed by atoms with van der Waals surface area (Å²) in [7, 11) is -1.07. The maximum atomic E-state index is 11.1. The molecule has 4 nitrogen and oxygen atoms in total. The fourth-order valence-corrected chi connectivity index (χ4v) is 2.31. The third-order valence-electron chi connectivity index (χ3n) is 2.48. The van der Waals surface area contributed by atoms with Crippen LogP contribution in [0.25, 0.3) is 0 Å². The zero-order chi connectivity index (χ0) is 12.1. The van der Waals surface area contributed by atoms with Gasteiger partial charge in [-0.15, -0.1) is 0 Å². The Bertz CT molecular complexity index is 272. The van der Waals surface area contributed by atoms with Crippen molar-refractivity contribution in [3.05, 3.63) is 0 Å². The van der Waals surface area contributed by atoms with Gasteiger partial charge in [-0.25, -0.2) is 8.42 Å². The Kier molecular flexibility index (Phi) is 5.77. The van der Waals surface area contributed by atoms with E-state index in [0.29, 0.717) is 13.0 Å². The van der Waals surface area contributed by atoms with Crippen LogP contribution in [-0.4, -0.2) is 45.7 Å². The zero-order valence-corrected chi connectivity index (χ0v) is 11.1. The SMILES string of the molecule is CCOC(C)(C)C(CCS(C)(=O)=O)NC. The number of likely N-dealkylation sites (N-methyl/N-ethyl adjacent to an activating group) is 1. The van der Waals surface area contributed by atoms with E-state index in [-0.39, 0.29) is 17.4 Å². The summed E-state index contributed by atoms with van der Waals surface area (Å²) >= 11 is 0. The molecule has 0 saturated heterocycles. The molecule has 1 atom stereocenters. The van der Waals surface area contributed by atoms with E-state index >= 15 is 0 Å². The molecule has 92 valence electrons. The van der Waals surface area contributed by atoms with Crippen LogP contribution in [0.1, 0.15) is 27.2 Å². The summed E-state index contributed by atoms with van der Waals surface area (Å²) in [6.45, 7) is 6.51. The molecule has 0 aliphatic heterocycles. The maximum absolute atomic E-state index is 11.1. The second-order valence-corrected chi connectivity index (χ2v) is 6.56. The molecule has 0 saturated carbocycles. The van der Waals surface area contributed by atoms with E-state index in [9.17, 15) is 8.42 Å². The van der Waals surface area contributed by atoms with E-state index in [1.165, 1.54) is 6.26 Å². The van der Waals surface area contributed by atoms with Gasteiger partial charge >= 0.3 is 0 Å². The maximum Gasteiger partial charge on any atom is 0.147 e. The van der Waals surface area contributed by atoms with Crippen molar-refractivity contribution in [2.75, 3.05) is 25.7 Å². The summed E-state index contributed by atoms with van der Waals surface area (Å²) in [5.74, 6) is 0.189. The first-order valence-electron chi connectivity index (χ1n) is 5.22. The van der Waals surface area contributed by atoms with Crippen molar-refractivity contribution in [3.8, 4) is 0 Å². The number of hydrogen-bond acceptors (Lipinski definition) is 4. The van der Waals surface area contributed by atoms with Crippen molar-refractivity contribution in [1.82, 2.24) is 5.32 Å². The number of hydrogen-bond donors (Lipinski definition) is 1. The van der Waals surface area contributed by atoms with Crippen LogP contribution in [0.5, 0.6) is 0 Å². The third kappa shape index (κ3) is 6.12. The number of ether oxygens (including phenoxy) is 1. The van der Waals surface area contributed by atoms with Gasteiger partial charge < -0.3 is 10.1 Å².